The lowest BCUT2D eigenvalue weighted by molar-refractivity contribution is 0.487. The summed E-state index contributed by atoms with van der Waals surface area (Å²) in [5.74, 6) is 1.35. The highest BCUT2D eigenvalue weighted by Crippen LogP contribution is 2.33. The van der Waals surface area contributed by atoms with Gasteiger partial charge in [-0.2, -0.15) is 0 Å². The zero-order chi connectivity index (χ0) is 14.8. The molecule has 1 aromatic heterocycles. The Kier molecular flexibility index (Phi) is 4.13. The molecule has 3 aromatic rings. The topological polar surface area (TPSA) is 22.1 Å². The van der Waals surface area contributed by atoms with Crippen LogP contribution in [0.15, 0.2) is 48.5 Å². The molecule has 0 radical (unpaired) electrons. The smallest absolute Gasteiger partial charge is 0.153 e. The summed E-state index contributed by atoms with van der Waals surface area (Å²) in [5, 5.41) is 2.41. The third-order valence-corrected chi connectivity index (χ3v) is 4.14. The van der Waals surface area contributed by atoms with Gasteiger partial charge in [0.15, 0.2) is 5.75 Å². The molecular formula is C17H13BrClNO. The number of para-hydroxylation sites is 1. The van der Waals surface area contributed by atoms with Crippen molar-refractivity contribution in [1.29, 1.82) is 0 Å². The summed E-state index contributed by atoms with van der Waals surface area (Å²) in [7, 11) is 0. The van der Waals surface area contributed by atoms with E-state index in [2.05, 4.69) is 20.9 Å². The van der Waals surface area contributed by atoms with Gasteiger partial charge < -0.3 is 4.74 Å². The van der Waals surface area contributed by atoms with Gasteiger partial charge in [-0.15, -0.1) is 0 Å². The molecule has 0 bridgehead atoms. The molecule has 0 unspecified atom stereocenters. The Morgan fingerprint density at radius 3 is 2.71 bits per heavy atom. The van der Waals surface area contributed by atoms with Crippen LogP contribution in [0.4, 0.5) is 0 Å². The van der Waals surface area contributed by atoms with E-state index in [1.807, 2.05) is 55.5 Å². The highest BCUT2D eigenvalue weighted by Gasteiger charge is 2.08. The standard InChI is InChI=1S/C17H13BrClNO/c1-11-5-7-13-3-2-4-16(17(13)20-11)21-15-8-6-12(10-18)9-14(15)19/h2-9H,10H2,1H3. The van der Waals surface area contributed by atoms with E-state index >= 15 is 0 Å². The molecule has 106 valence electrons. The molecule has 0 amide bonds. The van der Waals surface area contributed by atoms with E-state index in [-0.39, 0.29) is 0 Å². The third kappa shape index (κ3) is 3.04. The lowest BCUT2D eigenvalue weighted by Gasteiger charge is -2.11. The summed E-state index contributed by atoms with van der Waals surface area (Å²) in [6, 6.07) is 15.7. The van der Waals surface area contributed by atoms with Crippen LogP contribution in [0, 0.1) is 6.92 Å². The Morgan fingerprint density at radius 1 is 1.10 bits per heavy atom. The van der Waals surface area contributed by atoms with Crippen molar-refractivity contribution in [2.75, 3.05) is 0 Å². The van der Waals surface area contributed by atoms with Gasteiger partial charge in [0.1, 0.15) is 11.3 Å². The van der Waals surface area contributed by atoms with Crippen LogP contribution < -0.4 is 4.74 Å². The van der Waals surface area contributed by atoms with Crippen LogP contribution in [-0.4, -0.2) is 4.98 Å². The van der Waals surface area contributed by atoms with Gasteiger partial charge >= 0.3 is 0 Å². The summed E-state index contributed by atoms with van der Waals surface area (Å²) >= 11 is 9.69. The minimum atomic E-state index is 0.594. The van der Waals surface area contributed by atoms with Crippen LogP contribution in [-0.2, 0) is 5.33 Å². The number of halogens is 2. The van der Waals surface area contributed by atoms with Gasteiger partial charge in [-0.3, -0.25) is 0 Å². The Balaban J connectivity index is 2.04. The molecule has 0 saturated heterocycles. The van der Waals surface area contributed by atoms with E-state index in [0.717, 1.165) is 27.5 Å². The van der Waals surface area contributed by atoms with Crippen LogP contribution in [0.2, 0.25) is 5.02 Å². The van der Waals surface area contributed by atoms with E-state index in [0.29, 0.717) is 16.5 Å². The number of rotatable bonds is 3. The Hall–Kier alpha value is -1.58. The summed E-state index contributed by atoms with van der Waals surface area (Å²) in [5.41, 5.74) is 2.91. The number of alkyl halides is 1. The molecule has 0 aliphatic carbocycles. The summed E-state index contributed by atoms with van der Waals surface area (Å²) in [6.07, 6.45) is 0. The van der Waals surface area contributed by atoms with E-state index in [1.165, 1.54) is 0 Å². The lowest BCUT2D eigenvalue weighted by Crippen LogP contribution is -1.91. The van der Waals surface area contributed by atoms with Gasteiger partial charge in [0, 0.05) is 16.4 Å². The molecule has 0 aliphatic heterocycles. The van der Waals surface area contributed by atoms with E-state index in [9.17, 15) is 0 Å². The van der Waals surface area contributed by atoms with Crippen molar-refractivity contribution in [3.8, 4) is 11.5 Å². The van der Waals surface area contributed by atoms with Crippen LogP contribution >= 0.6 is 27.5 Å². The molecule has 0 N–H and O–H groups in total. The first-order chi connectivity index (χ1) is 10.2. The zero-order valence-electron chi connectivity index (χ0n) is 11.4. The molecule has 2 nitrogen and oxygen atoms in total. The fourth-order valence-electron chi connectivity index (χ4n) is 2.13. The summed E-state index contributed by atoms with van der Waals surface area (Å²) in [4.78, 5) is 4.56. The summed E-state index contributed by atoms with van der Waals surface area (Å²) < 4.78 is 5.97. The van der Waals surface area contributed by atoms with Crippen LogP contribution in [0.3, 0.4) is 0 Å². The van der Waals surface area contributed by atoms with Crippen molar-refractivity contribution in [2.45, 2.75) is 12.3 Å². The SMILES string of the molecule is Cc1ccc2cccc(Oc3ccc(CBr)cc3Cl)c2n1. The molecule has 2 aromatic carbocycles. The predicted octanol–water partition coefficient (Wildman–Crippen LogP) is 5.88. The fraction of sp³-hybridized carbons (Fsp3) is 0.118. The number of fused-ring (bicyclic) bond motifs is 1. The average molecular weight is 363 g/mol. The number of hydrogen-bond acceptors (Lipinski definition) is 2. The minimum absolute atomic E-state index is 0.594. The molecule has 0 spiro atoms. The number of aryl methyl sites for hydroxylation is 1. The molecular weight excluding hydrogens is 350 g/mol. The van der Waals surface area contributed by atoms with E-state index in [1.54, 1.807) is 0 Å². The van der Waals surface area contributed by atoms with Gasteiger partial charge in [0.2, 0.25) is 0 Å². The number of hydrogen-bond donors (Lipinski definition) is 0. The van der Waals surface area contributed by atoms with Crippen molar-refractivity contribution in [1.82, 2.24) is 4.98 Å². The fourth-order valence-corrected chi connectivity index (χ4v) is 2.72. The first kappa shape index (κ1) is 14.4. The third-order valence-electron chi connectivity index (χ3n) is 3.19. The Morgan fingerprint density at radius 2 is 1.95 bits per heavy atom. The van der Waals surface area contributed by atoms with Crippen molar-refractivity contribution < 1.29 is 4.74 Å². The summed E-state index contributed by atoms with van der Waals surface area (Å²) in [6.45, 7) is 1.97. The number of pyridine rings is 1. The molecule has 0 saturated carbocycles. The van der Waals surface area contributed by atoms with Gasteiger partial charge in [-0.05, 0) is 36.8 Å². The first-order valence-corrected chi connectivity index (χ1v) is 8.06. The zero-order valence-corrected chi connectivity index (χ0v) is 13.8. The van der Waals surface area contributed by atoms with Crippen molar-refractivity contribution in [2.24, 2.45) is 0 Å². The highest BCUT2D eigenvalue weighted by atomic mass is 79.9. The van der Waals surface area contributed by atoms with Gasteiger partial charge in [0.05, 0.1) is 5.02 Å². The van der Waals surface area contributed by atoms with Crippen LogP contribution in [0.5, 0.6) is 11.5 Å². The normalized spacial score (nSPS) is 10.8. The van der Waals surface area contributed by atoms with Gasteiger partial charge in [0.25, 0.3) is 0 Å². The van der Waals surface area contributed by atoms with Gasteiger partial charge in [-0.25, -0.2) is 4.98 Å². The molecule has 4 heteroatoms. The number of benzene rings is 2. The number of ether oxygens (including phenoxy) is 1. The lowest BCUT2D eigenvalue weighted by atomic mass is 10.2. The average Bonchev–Trinajstić information content (AvgIpc) is 2.49. The van der Waals surface area contributed by atoms with E-state index < -0.39 is 0 Å². The Bertz CT molecular complexity index is 804. The largest absolute Gasteiger partial charge is 0.454 e. The minimum Gasteiger partial charge on any atom is -0.454 e. The predicted molar refractivity (Wildman–Crippen MR) is 90.6 cm³/mol. The second kappa shape index (κ2) is 6.04. The first-order valence-electron chi connectivity index (χ1n) is 6.56. The van der Waals surface area contributed by atoms with Crippen molar-refractivity contribution in [3.05, 3.63) is 64.8 Å². The maximum Gasteiger partial charge on any atom is 0.153 e. The monoisotopic (exact) mass is 361 g/mol. The van der Waals surface area contributed by atoms with E-state index in [4.69, 9.17) is 16.3 Å². The molecule has 0 aliphatic rings. The van der Waals surface area contributed by atoms with Crippen molar-refractivity contribution >= 4 is 38.4 Å². The number of aromatic nitrogens is 1. The maximum absolute atomic E-state index is 6.27. The number of nitrogens with zero attached hydrogens (tertiary/aromatic N) is 1. The highest BCUT2D eigenvalue weighted by molar-refractivity contribution is 9.08. The molecule has 0 atom stereocenters. The molecule has 0 fully saturated rings. The molecule has 1 heterocycles. The quantitative estimate of drug-likeness (QED) is 0.542. The molecule has 21 heavy (non-hydrogen) atoms. The maximum atomic E-state index is 6.27. The van der Waals surface area contributed by atoms with Crippen LogP contribution in [0.1, 0.15) is 11.3 Å². The van der Waals surface area contributed by atoms with Gasteiger partial charge in [-0.1, -0.05) is 51.8 Å². The second-order valence-corrected chi connectivity index (χ2v) is 5.75. The van der Waals surface area contributed by atoms with Crippen LogP contribution in [0.25, 0.3) is 10.9 Å². The van der Waals surface area contributed by atoms with Crippen molar-refractivity contribution in [3.63, 3.8) is 0 Å². The molecule has 3 rings (SSSR count). The Labute approximate surface area is 136 Å². The second-order valence-electron chi connectivity index (χ2n) is 4.78.